The van der Waals surface area contributed by atoms with Crippen molar-refractivity contribution >= 4 is 22.4 Å². The standard InChI is InChI=1S/C13H11NO3/c1-2-12(16)17-13-9-6-4-3-5-8(9)11(15)7-10(13)14/h2-7,15H,1,14H2. The minimum atomic E-state index is -0.590. The Bertz CT molecular complexity index is 605. The highest BCUT2D eigenvalue weighted by Crippen LogP contribution is 2.37. The van der Waals surface area contributed by atoms with Gasteiger partial charge in [-0.1, -0.05) is 30.8 Å². The SMILES string of the molecule is C=CC(=O)Oc1c(N)cc(O)c2ccccc12. The number of aromatic hydroxyl groups is 1. The van der Waals surface area contributed by atoms with Gasteiger partial charge in [0.05, 0.1) is 5.69 Å². The summed E-state index contributed by atoms with van der Waals surface area (Å²) in [7, 11) is 0. The van der Waals surface area contributed by atoms with E-state index in [1.165, 1.54) is 6.07 Å². The topological polar surface area (TPSA) is 72.5 Å². The number of ether oxygens (including phenoxy) is 1. The molecule has 2 aromatic carbocycles. The summed E-state index contributed by atoms with van der Waals surface area (Å²) in [6, 6.07) is 8.34. The number of carbonyl (C=O) groups excluding carboxylic acids is 1. The lowest BCUT2D eigenvalue weighted by atomic mass is 10.1. The number of phenols is 1. The van der Waals surface area contributed by atoms with E-state index in [1.54, 1.807) is 24.3 Å². The number of esters is 1. The molecular weight excluding hydrogens is 218 g/mol. The second kappa shape index (κ2) is 4.17. The van der Waals surface area contributed by atoms with E-state index < -0.39 is 5.97 Å². The van der Waals surface area contributed by atoms with Crippen LogP contribution in [0.5, 0.6) is 11.5 Å². The molecule has 17 heavy (non-hydrogen) atoms. The maximum atomic E-state index is 11.2. The number of nitrogens with two attached hydrogens (primary N) is 1. The monoisotopic (exact) mass is 229 g/mol. The molecule has 2 aromatic rings. The van der Waals surface area contributed by atoms with Crippen LogP contribution < -0.4 is 10.5 Å². The molecule has 0 bridgehead atoms. The van der Waals surface area contributed by atoms with Gasteiger partial charge in [-0.3, -0.25) is 0 Å². The molecule has 0 fully saturated rings. The van der Waals surface area contributed by atoms with E-state index in [0.29, 0.717) is 10.8 Å². The van der Waals surface area contributed by atoms with Gasteiger partial charge in [0.15, 0.2) is 5.75 Å². The second-order valence-corrected chi connectivity index (χ2v) is 3.48. The van der Waals surface area contributed by atoms with E-state index >= 15 is 0 Å². The van der Waals surface area contributed by atoms with E-state index in [-0.39, 0.29) is 17.2 Å². The Hall–Kier alpha value is -2.49. The maximum Gasteiger partial charge on any atom is 0.335 e. The summed E-state index contributed by atoms with van der Waals surface area (Å²) >= 11 is 0. The molecule has 0 unspecified atom stereocenters. The first-order valence-electron chi connectivity index (χ1n) is 4.98. The average molecular weight is 229 g/mol. The van der Waals surface area contributed by atoms with Gasteiger partial charge in [0.1, 0.15) is 5.75 Å². The first-order valence-corrected chi connectivity index (χ1v) is 4.98. The molecule has 0 atom stereocenters. The number of carbonyl (C=O) groups is 1. The van der Waals surface area contributed by atoms with Crippen LogP contribution >= 0.6 is 0 Å². The van der Waals surface area contributed by atoms with Crippen molar-refractivity contribution in [2.24, 2.45) is 0 Å². The summed E-state index contributed by atoms with van der Waals surface area (Å²) in [5, 5.41) is 10.9. The number of phenolic OH excluding ortho intramolecular Hbond substituents is 1. The molecule has 0 aromatic heterocycles. The summed E-state index contributed by atoms with van der Waals surface area (Å²) < 4.78 is 5.07. The van der Waals surface area contributed by atoms with Crippen LogP contribution in [0.3, 0.4) is 0 Å². The van der Waals surface area contributed by atoms with Crippen LogP contribution in [0.25, 0.3) is 10.8 Å². The highest BCUT2D eigenvalue weighted by molar-refractivity contribution is 5.99. The highest BCUT2D eigenvalue weighted by Gasteiger charge is 2.12. The quantitative estimate of drug-likeness (QED) is 0.358. The van der Waals surface area contributed by atoms with Gasteiger partial charge in [-0.15, -0.1) is 0 Å². The first-order chi connectivity index (χ1) is 8.13. The van der Waals surface area contributed by atoms with Crippen LogP contribution in [0, 0.1) is 0 Å². The van der Waals surface area contributed by atoms with Gasteiger partial charge < -0.3 is 15.6 Å². The zero-order valence-corrected chi connectivity index (χ0v) is 9.01. The van der Waals surface area contributed by atoms with Gasteiger partial charge in [0.2, 0.25) is 0 Å². The van der Waals surface area contributed by atoms with Crippen LogP contribution in [0.2, 0.25) is 0 Å². The van der Waals surface area contributed by atoms with Crippen LogP contribution in [0.1, 0.15) is 0 Å². The molecule has 2 rings (SSSR count). The fourth-order valence-electron chi connectivity index (χ4n) is 1.61. The third-order valence-corrected chi connectivity index (χ3v) is 2.37. The molecule has 0 saturated carbocycles. The number of hydrogen-bond acceptors (Lipinski definition) is 4. The smallest absolute Gasteiger partial charge is 0.335 e. The Morgan fingerprint density at radius 1 is 1.35 bits per heavy atom. The minimum absolute atomic E-state index is 0.0523. The van der Waals surface area contributed by atoms with E-state index in [2.05, 4.69) is 6.58 Å². The van der Waals surface area contributed by atoms with E-state index in [1.807, 2.05) is 0 Å². The van der Waals surface area contributed by atoms with Crippen molar-refractivity contribution in [1.29, 1.82) is 0 Å². The van der Waals surface area contributed by atoms with Crippen molar-refractivity contribution in [3.05, 3.63) is 43.0 Å². The summed E-state index contributed by atoms with van der Waals surface area (Å²) in [6.07, 6.45) is 1.06. The predicted molar refractivity (Wildman–Crippen MR) is 65.9 cm³/mol. The molecule has 0 aliphatic rings. The second-order valence-electron chi connectivity index (χ2n) is 3.48. The Morgan fingerprint density at radius 3 is 2.65 bits per heavy atom. The third kappa shape index (κ3) is 1.92. The maximum absolute atomic E-state index is 11.2. The van der Waals surface area contributed by atoms with Gasteiger partial charge in [0.25, 0.3) is 0 Å². The number of benzene rings is 2. The Morgan fingerprint density at radius 2 is 2.00 bits per heavy atom. The van der Waals surface area contributed by atoms with Crippen molar-refractivity contribution < 1.29 is 14.6 Å². The van der Waals surface area contributed by atoms with E-state index in [9.17, 15) is 9.90 Å². The molecule has 0 radical (unpaired) electrons. The highest BCUT2D eigenvalue weighted by atomic mass is 16.5. The fourth-order valence-corrected chi connectivity index (χ4v) is 1.61. The lowest BCUT2D eigenvalue weighted by Gasteiger charge is -2.10. The molecule has 4 heteroatoms. The summed E-state index contributed by atoms with van der Waals surface area (Å²) in [6.45, 7) is 3.32. The average Bonchev–Trinajstić information content (AvgIpc) is 2.34. The molecule has 0 aliphatic heterocycles. The van der Waals surface area contributed by atoms with Crippen LogP contribution in [0.15, 0.2) is 43.0 Å². The zero-order valence-electron chi connectivity index (χ0n) is 9.01. The molecule has 0 amide bonds. The van der Waals surface area contributed by atoms with Crippen LogP contribution in [-0.2, 0) is 4.79 Å². The Kier molecular flexibility index (Phi) is 2.70. The van der Waals surface area contributed by atoms with Gasteiger partial charge in [-0.25, -0.2) is 4.79 Å². The molecule has 0 saturated heterocycles. The van der Waals surface area contributed by atoms with Gasteiger partial charge in [0, 0.05) is 22.9 Å². The molecule has 3 N–H and O–H groups in total. The summed E-state index contributed by atoms with van der Waals surface area (Å²) in [5.74, 6) is -0.299. The number of anilines is 1. The third-order valence-electron chi connectivity index (χ3n) is 2.37. The predicted octanol–water partition coefficient (Wildman–Crippen LogP) is 2.22. The van der Waals surface area contributed by atoms with Crippen molar-refractivity contribution in [1.82, 2.24) is 0 Å². The molecular formula is C13H11NO3. The van der Waals surface area contributed by atoms with Gasteiger partial charge in [-0.05, 0) is 0 Å². The number of rotatable bonds is 2. The fraction of sp³-hybridized carbons (Fsp3) is 0. The zero-order chi connectivity index (χ0) is 12.4. The lowest BCUT2D eigenvalue weighted by Crippen LogP contribution is -2.05. The normalized spacial score (nSPS) is 10.1. The molecule has 0 aliphatic carbocycles. The lowest BCUT2D eigenvalue weighted by molar-refractivity contribution is -0.128. The Labute approximate surface area is 97.9 Å². The number of nitrogen functional groups attached to an aromatic ring is 1. The van der Waals surface area contributed by atoms with Gasteiger partial charge >= 0.3 is 5.97 Å². The van der Waals surface area contributed by atoms with Crippen molar-refractivity contribution in [3.8, 4) is 11.5 Å². The number of hydrogen-bond donors (Lipinski definition) is 2. The first kappa shape index (κ1) is 11.0. The van der Waals surface area contributed by atoms with Crippen LogP contribution in [0.4, 0.5) is 5.69 Å². The molecule has 0 heterocycles. The summed E-state index contributed by atoms with van der Waals surface area (Å²) in [4.78, 5) is 11.2. The van der Waals surface area contributed by atoms with Crippen molar-refractivity contribution in [2.45, 2.75) is 0 Å². The Balaban J connectivity index is 2.69. The molecule has 0 spiro atoms. The minimum Gasteiger partial charge on any atom is -0.507 e. The van der Waals surface area contributed by atoms with E-state index in [4.69, 9.17) is 10.5 Å². The van der Waals surface area contributed by atoms with Gasteiger partial charge in [-0.2, -0.15) is 0 Å². The molecule has 86 valence electrons. The largest absolute Gasteiger partial charge is 0.507 e. The van der Waals surface area contributed by atoms with Crippen LogP contribution in [-0.4, -0.2) is 11.1 Å². The van der Waals surface area contributed by atoms with Crippen molar-refractivity contribution in [3.63, 3.8) is 0 Å². The molecule has 4 nitrogen and oxygen atoms in total. The van der Waals surface area contributed by atoms with E-state index in [0.717, 1.165) is 6.08 Å². The summed E-state index contributed by atoms with van der Waals surface area (Å²) in [5.41, 5.74) is 5.92. The number of fused-ring (bicyclic) bond motifs is 1. The van der Waals surface area contributed by atoms with Crippen molar-refractivity contribution in [2.75, 3.05) is 5.73 Å².